The molecule has 1 N–H and O–H groups in total. The molecule has 8 nitrogen and oxygen atoms in total. The Hall–Kier alpha value is -2.14. The number of aromatic nitrogens is 2. The molecule has 1 aliphatic heterocycles. The second-order valence-corrected chi connectivity index (χ2v) is 6.75. The van der Waals surface area contributed by atoms with Gasteiger partial charge in [-0.25, -0.2) is 9.97 Å². The van der Waals surface area contributed by atoms with Crippen LogP contribution in [0.3, 0.4) is 0 Å². The molecule has 0 atom stereocenters. The minimum absolute atomic E-state index is 0. The van der Waals surface area contributed by atoms with E-state index in [0.29, 0.717) is 13.2 Å². The van der Waals surface area contributed by atoms with Gasteiger partial charge in [-0.1, -0.05) is 12.1 Å². The number of aliphatic imine (C=N–C) groups is 1. The Balaban J connectivity index is 0.00000320. The van der Waals surface area contributed by atoms with Crippen molar-refractivity contribution in [3.63, 3.8) is 0 Å². The smallest absolute Gasteiger partial charge is 0.225 e. The number of benzene rings is 1. The Labute approximate surface area is 195 Å². The van der Waals surface area contributed by atoms with Crippen LogP contribution in [0.1, 0.15) is 12.0 Å². The summed E-state index contributed by atoms with van der Waals surface area (Å²) in [6, 6.07) is 9.80. The second kappa shape index (κ2) is 13.2. The summed E-state index contributed by atoms with van der Waals surface area (Å²) in [5.74, 6) is 2.60. The lowest BCUT2D eigenvalue weighted by atomic mass is 10.2. The van der Waals surface area contributed by atoms with E-state index in [0.717, 1.165) is 62.4 Å². The molecule has 0 amide bonds. The fraction of sp³-hybridized carbons (Fsp3) is 0.476. The van der Waals surface area contributed by atoms with Gasteiger partial charge in [-0.15, -0.1) is 24.0 Å². The van der Waals surface area contributed by atoms with Crippen LogP contribution in [0, 0.1) is 0 Å². The molecule has 164 valence electrons. The predicted octanol–water partition coefficient (Wildman–Crippen LogP) is 2.41. The molecule has 1 saturated heterocycles. The van der Waals surface area contributed by atoms with E-state index in [-0.39, 0.29) is 24.0 Å². The van der Waals surface area contributed by atoms with E-state index >= 15 is 0 Å². The molecule has 1 aromatic heterocycles. The van der Waals surface area contributed by atoms with Crippen molar-refractivity contribution in [1.29, 1.82) is 0 Å². The zero-order chi connectivity index (χ0) is 20.3. The van der Waals surface area contributed by atoms with E-state index in [9.17, 15) is 0 Å². The average Bonchev–Trinajstić information content (AvgIpc) is 2.80. The second-order valence-electron chi connectivity index (χ2n) is 6.75. The fourth-order valence-corrected chi connectivity index (χ4v) is 3.19. The minimum Gasteiger partial charge on any atom is -0.497 e. The average molecular weight is 526 g/mol. The topological polar surface area (TPSA) is 75.1 Å². The van der Waals surface area contributed by atoms with E-state index in [1.165, 1.54) is 0 Å². The molecule has 0 aliphatic carbocycles. The first-order valence-corrected chi connectivity index (χ1v) is 9.98. The third-order valence-electron chi connectivity index (χ3n) is 4.80. The normalized spacial score (nSPS) is 14.3. The zero-order valence-corrected chi connectivity index (χ0v) is 20.0. The van der Waals surface area contributed by atoms with Crippen LogP contribution in [0.5, 0.6) is 5.75 Å². The van der Waals surface area contributed by atoms with Crippen molar-refractivity contribution in [2.45, 2.75) is 13.0 Å². The van der Waals surface area contributed by atoms with Gasteiger partial charge in [0, 0.05) is 58.8 Å². The lowest BCUT2D eigenvalue weighted by Crippen LogP contribution is -2.53. The lowest BCUT2D eigenvalue weighted by Gasteiger charge is -2.36. The number of ether oxygens (including phenoxy) is 2. The van der Waals surface area contributed by atoms with Crippen molar-refractivity contribution in [1.82, 2.24) is 20.2 Å². The van der Waals surface area contributed by atoms with Gasteiger partial charge >= 0.3 is 0 Å². The van der Waals surface area contributed by atoms with E-state index in [4.69, 9.17) is 9.47 Å². The highest BCUT2D eigenvalue weighted by Crippen LogP contribution is 2.12. The predicted molar refractivity (Wildman–Crippen MR) is 130 cm³/mol. The van der Waals surface area contributed by atoms with E-state index in [1.807, 2.05) is 37.4 Å². The SMILES string of the molecule is CN=C(NCCCOCc1ccc(OC)cc1)N1CCN(c2ncccn2)CC1.I. The number of nitrogens with zero attached hydrogens (tertiary/aromatic N) is 5. The molecule has 1 aromatic carbocycles. The fourth-order valence-electron chi connectivity index (χ4n) is 3.19. The molecule has 0 unspecified atom stereocenters. The summed E-state index contributed by atoms with van der Waals surface area (Å²) in [5.41, 5.74) is 1.15. The quantitative estimate of drug-likeness (QED) is 0.245. The summed E-state index contributed by atoms with van der Waals surface area (Å²) in [7, 11) is 3.50. The van der Waals surface area contributed by atoms with Gasteiger partial charge in [0.2, 0.25) is 5.95 Å². The van der Waals surface area contributed by atoms with Crippen molar-refractivity contribution in [2.24, 2.45) is 4.99 Å². The maximum atomic E-state index is 5.76. The summed E-state index contributed by atoms with van der Waals surface area (Å²) in [6.07, 6.45) is 4.49. The highest BCUT2D eigenvalue weighted by atomic mass is 127. The van der Waals surface area contributed by atoms with Gasteiger partial charge in [0.15, 0.2) is 5.96 Å². The summed E-state index contributed by atoms with van der Waals surface area (Å²) >= 11 is 0. The Morgan fingerprint density at radius 2 is 1.80 bits per heavy atom. The van der Waals surface area contributed by atoms with E-state index in [1.54, 1.807) is 19.5 Å². The highest BCUT2D eigenvalue weighted by molar-refractivity contribution is 14.0. The number of rotatable bonds is 8. The van der Waals surface area contributed by atoms with Gasteiger partial charge in [-0.3, -0.25) is 4.99 Å². The molecule has 0 radical (unpaired) electrons. The highest BCUT2D eigenvalue weighted by Gasteiger charge is 2.20. The van der Waals surface area contributed by atoms with Gasteiger partial charge in [0.25, 0.3) is 0 Å². The number of halogens is 1. The first-order valence-electron chi connectivity index (χ1n) is 9.98. The van der Waals surface area contributed by atoms with Crippen LogP contribution in [0.2, 0.25) is 0 Å². The molecule has 0 spiro atoms. The van der Waals surface area contributed by atoms with Crippen molar-refractivity contribution in [3.8, 4) is 5.75 Å². The molecule has 3 rings (SSSR count). The number of guanidine groups is 1. The molecule has 1 aliphatic rings. The molecule has 2 heterocycles. The van der Waals surface area contributed by atoms with Crippen LogP contribution in [0.15, 0.2) is 47.7 Å². The molecule has 9 heteroatoms. The van der Waals surface area contributed by atoms with Crippen LogP contribution in [-0.2, 0) is 11.3 Å². The number of hydrogen-bond acceptors (Lipinski definition) is 6. The van der Waals surface area contributed by atoms with Crippen LogP contribution < -0.4 is 15.0 Å². The van der Waals surface area contributed by atoms with Crippen molar-refractivity contribution in [3.05, 3.63) is 48.3 Å². The molecular formula is C21H31IN6O2. The minimum atomic E-state index is 0. The summed E-state index contributed by atoms with van der Waals surface area (Å²) in [6.45, 7) is 5.71. The van der Waals surface area contributed by atoms with Crippen molar-refractivity contribution >= 4 is 35.9 Å². The van der Waals surface area contributed by atoms with Crippen LogP contribution in [0.25, 0.3) is 0 Å². The third kappa shape index (κ3) is 7.28. The first-order chi connectivity index (χ1) is 14.3. The Morgan fingerprint density at radius 3 is 2.43 bits per heavy atom. The molecular weight excluding hydrogens is 495 g/mol. The third-order valence-corrected chi connectivity index (χ3v) is 4.80. The first kappa shape index (κ1) is 24.1. The van der Waals surface area contributed by atoms with E-state index in [2.05, 4.69) is 30.1 Å². The van der Waals surface area contributed by atoms with Crippen molar-refractivity contribution < 1.29 is 9.47 Å². The van der Waals surface area contributed by atoms with Gasteiger partial charge in [0.05, 0.1) is 13.7 Å². The zero-order valence-electron chi connectivity index (χ0n) is 17.7. The van der Waals surface area contributed by atoms with Crippen molar-refractivity contribution in [2.75, 3.05) is 58.4 Å². The maximum absolute atomic E-state index is 5.76. The number of anilines is 1. The Morgan fingerprint density at radius 1 is 1.10 bits per heavy atom. The van der Waals surface area contributed by atoms with Gasteiger partial charge in [-0.05, 0) is 30.2 Å². The van der Waals surface area contributed by atoms with Crippen LogP contribution >= 0.6 is 24.0 Å². The lowest BCUT2D eigenvalue weighted by molar-refractivity contribution is 0.119. The standard InChI is InChI=1S/C21H30N6O2.HI/c1-22-20(26-12-14-27(15-13-26)21-24-9-3-10-25-21)23-11-4-16-29-17-18-5-7-19(28-2)8-6-18;/h3,5-10H,4,11-17H2,1-2H3,(H,22,23);1H. The Kier molecular flexibility index (Phi) is 10.6. The van der Waals surface area contributed by atoms with Crippen LogP contribution in [-0.4, -0.2) is 74.3 Å². The van der Waals surface area contributed by atoms with E-state index < -0.39 is 0 Å². The monoisotopic (exact) mass is 526 g/mol. The molecule has 0 saturated carbocycles. The number of methoxy groups -OCH3 is 1. The largest absolute Gasteiger partial charge is 0.497 e. The molecule has 2 aromatic rings. The van der Waals surface area contributed by atoms with Gasteiger partial charge < -0.3 is 24.6 Å². The molecule has 1 fully saturated rings. The summed E-state index contributed by atoms with van der Waals surface area (Å²) in [5, 5.41) is 3.44. The Bertz CT molecular complexity index is 752. The summed E-state index contributed by atoms with van der Waals surface area (Å²) in [4.78, 5) is 17.6. The number of piperazine rings is 1. The summed E-state index contributed by atoms with van der Waals surface area (Å²) < 4.78 is 10.9. The number of nitrogens with one attached hydrogen (secondary N) is 1. The van der Waals surface area contributed by atoms with Gasteiger partial charge in [-0.2, -0.15) is 0 Å². The van der Waals surface area contributed by atoms with Crippen LogP contribution in [0.4, 0.5) is 5.95 Å². The van der Waals surface area contributed by atoms with Gasteiger partial charge in [0.1, 0.15) is 5.75 Å². The maximum Gasteiger partial charge on any atom is 0.225 e. The molecule has 0 bridgehead atoms. The number of hydrogen-bond donors (Lipinski definition) is 1. The molecule has 30 heavy (non-hydrogen) atoms.